The van der Waals surface area contributed by atoms with Crippen LogP contribution in [0.4, 0.5) is 16.0 Å². The van der Waals surface area contributed by atoms with Crippen LogP contribution in [-0.4, -0.2) is 14.6 Å². The van der Waals surface area contributed by atoms with Crippen LogP contribution in [0.5, 0.6) is 0 Å². The zero-order valence-electron chi connectivity index (χ0n) is 13.1. The van der Waals surface area contributed by atoms with Crippen LogP contribution in [0, 0.1) is 12.7 Å². The molecule has 0 radical (unpaired) electrons. The number of aromatic nitrogens is 3. The first-order valence-electron chi connectivity index (χ1n) is 7.65. The van der Waals surface area contributed by atoms with Gasteiger partial charge in [0.15, 0.2) is 5.65 Å². The lowest BCUT2D eigenvalue weighted by Gasteiger charge is -2.05. The summed E-state index contributed by atoms with van der Waals surface area (Å²) in [5, 5.41) is 7.76. The first-order valence-corrected chi connectivity index (χ1v) is 7.65. The number of aryl methyl sites for hydroxylation is 1. The predicted octanol–water partition coefficient (Wildman–Crippen LogP) is 4.59. The van der Waals surface area contributed by atoms with E-state index in [4.69, 9.17) is 0 Å². The summed E-state index contributed by atoms with van der Waals surface area (Å²) in [6.45, 7) is 2.02. The molecular weight excluding hydrogens is 303 g/mol. The number of nitrogens with zero attached hydrogens (tertiary/aromatic N) is 3. The fourth-order valence-electron chi connectivity index (χ4n) is 2.66. The second-order valence-electron chi connectivity index (χ2n) is 5.57. The van der Waals surface area contributed by atoms with Crippen molar-refractivity contribution in [1.29, 1.82) is 0 Å². The molecule has 0 aliphatic rings. The summed E-state index contributed by atoms with van der Waals surface area (Å²) in [4.78, 5) is 4.50. The van der Waals surface area contributed by atoms with Crippen LogP contribution in [0.15, 0.2) is 66.7 Å². The highest BCUT2D eigenvalue weighted by Gasteiger charge is 2.10. The average molecular weight is 318 g/mol. The molecule has 0 saturated heterocycles. The van der Waals surface area contributed by atoms with E-state index in [-0.39, 0.29) is 5.82 Å². The smallest absolute Gasteiger partial charge is 0.247 e. The van der Waals surface area contributed by atoms with Crippen LogP contribution >= 0.6 is 0 Å². The molecule has 4 nitrogen and oxygen atoms in total. The molecule has 5 heteroatoms. The Balaban J connectivity index is 1.79. The van der Waals surface area contributed by atoms with E-state index in [1.807, 2.05) is 55.5 Å². The summed E-state index contributed by atoms with van der Waals surface area (Å²) in [6.07, 6.45) is 0. The third-order valence-corrected chi connectivity index (χ3v) is 3.87. The first-order chi connectivity index (χ1) is 11.7. The van der Waals surface area contributed by atoms with E-state index >= 15 is 0 Å². The molecule has 24 heavy (non-hydrogen) atoms. The van der Waals surface area contributed by atoms with Crippen LogP contribution in [0.25, 0.3) is 16.9 Å². The minimum atomic E-state index is -0.275. The molecule has 0 spiro atoms. The van der Waals surface area contributed by atoms with Gasteiger partial charge in [0, 0.05) is 11.3 Å². The molecular formula is C19H15FN4. The van der Waals surface area contributed by atoms with E-state index in [0.717, 1.165) is 22.5 Å². The summed E-state index contributed by atoms with van der Waals surface area (Å²) in [7, 11) is 0. The van der Waals surface area contributed by atoms with Gasteiger partial charge >= 0.3 is 0 Å². The Labute approximate surface area is 138 Å². The van der Waals surface area contributed by atoms with Crippen LogP contribution in [-0.2, 0) is 0 Å². The molecule has 0 atom stereocenters. The Hall–Kier alpha value is -3.21. The monoisotopic (exact) mass is 318 g/mol. The van der Waals surface area contributed by atoms with Gasteiger partial charge in [-0.05, 0) is 42.8 Å². The van der Waals surface area contributed by atoms with E-state index < -0.39 is 0 Å². The molecule has 0 aliphatic heterocycles. The molecule has 0 unspecified atom stereocenters. The van der Waals surface area contributed by atoms with E-state index in [0.29, 0.717) is 11.6 Å². The van der Waals surface area contributed by atoms with Crippen molar-refractivity contribution in [2.24, 2.45) is 0 Å². The lowest BCUT2D eigenvalue weighted by atomic mass is 10.1. The lowest BCUT2D eigenvalue weighted by Crippen LogP contribution is -1.97. The second-order valence-corrected chi connectivity index (χ2v) is 5.57. The van der Waals surface area contributed by atoms with E-state index in [1.54, 1.807) is 10.6 Å². The van der Waals surface area contributed by atoms with Gasteiger partial charge in [0.05, 0.1) is 5.69 Å². The van der Waals surface area contributed by atoms with Crippen molar-refractivity contribution in [2.75, 3.05) is 5.32 Å². The molecule has 2 aromatic heterocycles. The molecule has 118 valence electrons. The van der Waals surface area contributed by atoms with Crippen molar-refractivity contribution in [1.82, 2.24) is 14.6 Å². The summed E-state index contributed by atoms with van der Waals surface area (Å²) >= 11 is 0. The standard InChI is InChI=1S/C19H15FN4/c1-13-6-2-3-9-16(13)21-19-22-18-11-5-10-17(24(18)23-19)14-7-4-8-15(20)12-14/h2-12H,1H3,(H,21,23). The molecule has 0 bridgehead atoms. The predicted molar refractivity (Wildman–Crippen MR) is 92.8 cm³/mol. The van der Waals surface area contributed by atoms with Gasteiger partial charge in [-0.1, -0.05) is 36.4 Å². The van der Waals surface area contributed by atoms with Gasteiger partial charge in [-0.3, -0.25) is 0 Å². The Morgan fingerprint density at radius 2 is 1.79 bits per heavy atom. The number of hydrogen-bond acceptors (Lipinski definition) is 3. The van der Waals surface area contributed by atoms with Gasteiger partial charge in [0.1, 0.15) is 5.82 Å². The maximum absolute atomic E-state index is 13.5. The quantitative estimate of drug-likeness (QED) is 0.601. The fraction of sp³-hybridized carbons (Fsp3) is 0.0526. The van der Waals surface area contributed by atoms with Crippen molar-refractivity contribution < 1.29 is 4.39 Å². The summed E-state index contributed by atoms with van der Waals surface area (Å²) in [5.41, 5.74) is 4.32. The summed E-state index contributed by atoms with van der Waals surface area (Å²) in [6, 6.07) is 20.1. The largest absolute Gasteiger partial charge is 0.323 e. The molecule has 0 amide bonds. The number of hydrogen-bond donors (Lipinski definition) is 1. The van der Waals surface area contributed by atoms with Crippen LogP contribution in [0.1, 0.15) is 5.56 Å². The molecule has 4 aromatic rings. The summed E-state index contributed by atoms with van der Waals surface area (Å²) < 4.78 is 15.3. The number of pyridine rings is 1. The Bertz CT molecular complexity index is 1020. The van der Waals surface area contributed by atoms with Crippen molar-refractivity contribution in [3.05, 3.63) is 78.1 Å². The van der Waals surface area contributed by atoms with Crippen molar-refractivity contribution in [3.8, 4) is 11.3 Å². The molecule has 0 saturated carbocycles. The summed E-state index contributed by atoms with van der Waals surface area (Å²) in [5.74, 6) is 0.232. The van der Waals surface area contributed by atoms with Crippen molar-refractivity contribution in [2.45, 2.75) is 6.92 Å². The zero-order valence-corrected chi connectivity index (χ0v) is 13.1. The van der Waals surface area contributed by atoms with E-state index in [9.17, 15) is 4.39 Å². The maximum atomic E-state index is 13.5. The van der Waals surface area contributed by atoms with Gasteiger partial charge in [0.25, 0.3) is 0 Å². The van der Waals surface area contributed by atoms with Gasteiger partial charge in [-0.2, -0.15) is 4.98 Å². The highest BCUT2D eigenvalue weighted by atomic mass is 19.1. The number of anilines is 2. The third kappa shape index (κ3) is 2.60. The number of nitrogens with one attached hydrogen (secondary N) is 1. The normalized spacial score (nSPS) is 10.9. The minimum Gasteiger partial charge on any atom is -0.323 e. The van der Waals surface area contributed by atoms with Crippen molar-refractivity contribution in [3.63, 3.8) is 0 Å². The fourth-order valence-corrected chi connectivity index (χ4v) is 2.66. The van der Waals surface area contributed by atoms with Gasteiger partial charge in [-0.25, -0.2) is 8.91 Å². The number of fused-ring (bicyclic) bond motifs is 1. The Morgan fingerprint density at radius 3 is 2.62 bits per heavy atom. The zero-order chi connectivity index (χ0) is 16.5. The molecule has 0 fully saturated rings. The highest BCUT2D eigenvalue weighted by Crippen LogP contribution is 2.23. The van der Waals surface area contributed by atoms with Crippen LogP contribution in [0.2, 0.25) is 0 Å². The second kappa shape index (κ2) is 5.77. The molecule has 2 aromatic carbocycles. The van der Waals surface area contributed by atoms with Gasteiger partial charge in [0.2, 0.25) is 5.95 Å². The average Bonchev–Trinajstić information content (AvgIpc) is 2.99. The van der Waals surface area contributed by atoms with Crippen molar-refractivity contribution >= 4 is 17.3 Å². The molecule has 2 heterocycles. The SMILES string of the molecule is Cc1ccccc1Nc1nc2cccc(-c3cccc(F)c3)n2n1. The van der Waals surface area contributed by atoms with Crippen LogP contribution in [0.3, 0.4) is 0 Å². The molecule has 4 rings (SSSR count). The maximum Gasteiger partial charge on any atom is 0.247 e. The molecule has 1 N–H and O–H groups in total. The Kier molecular flexibility index (Phi) is 3.46. The third-order valence-electron chi connectivity index (χ3n) is 3.87. The van der Waals surface area contributed by atoms with E-state index in [1.165, 1.54) is 12.1 Å². The Morgan fingerprint density at radius 1 is 0.958 bits per heavy atom. The van der Waals surface area contributed by atoms with Gasteiger partial charge in [-0.15, -0.1) is 5.10 Å². The van der Waals surface area contributed by atoms with Gasteiger partial charge < -0.3 is 5.32 Å². The molecule has 0 aliphatic carbocycles. The topological polar surface area (TPSA) is 42.2 Å². The number of halogens is 1. The van der Waals surface area contributed by atoms with Crippen LogP contribution < -0.4 is 5.32 Å². The number of benzene rings is 2. The first kappa shape index (κ1) is 14.4. The minimum absolute atomic E-state index is 0.275. The lowest BCUT2D eigenvalue weighted by molar-refractivity contribution is 0.628. The number of para-hydroxylation sites is 1. The van der Waals surface area contributed by atoms with E-state index in [2.05, 4.69) is 15.4 Å². The highest BCUT2D eigenvalue weighted by molar-refractivity contribution is 5.65. The number of rotatable bonds is 3.